The average molecular weight is 422 g/mol. The highest BCUT2D eigenvalue weighted by Crippen LogP contribution is 2.31. The molecule has 2 aromatic heterocycles. The first-order chi connectivity index (χ1) is 13.1. The normalized spacial score (nSPS) is 17.0. The molecule has 2 N–H and O–H groups in total. The van der Waals surface area contributed by atoms with Crippen molar-refractivity contribution < 1.29 is 4.79 Å². The van der Waals surface area contributed by atoms with Crippen molar-refractivity contribution in [1.29, 1.82) is 5.26 Å². The molecule has 0 radical (unpaired) electrons. The van der Waals surface area contributed by atoms with Gasteiger partial charge in [0.2, 0.25) is 11.0 Å². The molecule has 1 unspecified atom stereocenters. The molecule has 9 heteroatoms. The molecule has 1 fully saturated rings. The van der Waals surface area contributed by atoms with E-state index in [2.05, 4.69) is 44.4 Å². The van der Waals surface area contributed by atoms with Crippen LogP contribution in [0.15, 0.2) is 21.9 Å². The van der Waals surface area contributed by atoms with Crippen molar-refractivity contribution in [1.82, 2.24) is 15.5 Å². The highest BCUT2D eigenvalue weighted by Gasteiger charge is 2.35. The van der Waals surface area contributed by atoms with Gasteiger partial charge in [-0.05, 0) is 37.6 Å². The summed E-state index contributed by atoms with van der Waals surface area (Å²) in [5, 5.41) is 26.6. The lowest BCUT2D eigenvalue weighted by Crippen LogP contribution is -2.50. The third-order valence-electron chi connectivity index (χ3n) is 4.56. The number of rotatable bonds is 8. The summed E-state index contributed by atoms with van der Waals surface area (Å²) >= 11 is 4.59. The van der Waals surface area contributed by atoms with Crippen LogP contribution in [-0.4, -0.2) is 33.4 Å². The van der Waals surface area contributed by atoms with Gasteiger partial charge in [-0.1, -0.05) is 48.4 Å². The Morgan fingerprint density at radius 3 is 2.93 bits per heavy atom. The lowest BCUT2D eigenvalue weighted by Gasteiger charge is -2.32. The third-order valence-corrected chi connectivity index (χ3v) is 7.57. The van der Waals surface area contributed by atoms with Gasteiger partial charge < -0.3 is 10.6 Å². The van der Waals surface area contributed by atoms with Gasteiger partial charge in [-0.2, -0.15) is 5.26 Å². The van der Waals surface area contributed by atoms with Gasteiger partial charge >= 0.3 is 0 Å². The van der Waals surface area contributed by atoms with Gasteiger partial charge in [0.1, 0.15) is 5.54 Å². The fourth-order valence-corrected chi connectivity index (χ4v) is 5.67. The molecule has 0 aromatic carbocycles. The van der Waals surface area contributed by atoms with E-state index in [0.717, 1.165) is 54.5 Å². The summed E-state index contributed by atoms with van der Waals surface area (Å²) in [5.74, 6) is -0.106. The van der Waals surface area contributed by atoms with Crippen LogP contribution in [-0.2, 0) is 11.2 Å². The average Bonchev–Trinajstić information content (AvgIpc) is 3.35. The first-order valence-electron chi connectivity index (χ1n) is 9.10. The maximum Gasteiger partial charge on any atom is 0.234 e. The van der Waals surface area contributed by atoms with Crippen LogP contribution in [0.5, 0.6) is 0 Å². The fraction of sp³-hybridized carbons (Fsp3) is 0.556. The van der Waals surface area contributed by atoms with E-state index in [1.807, 2.05) is 6.92 Å². The molecule has 0 aliphatic heterocycles. The van der Waals surface area contributed by atoms with Crippen molar-refractivity contribution in [3.63, 3.8) is 0 Å². The van der Waals surface area contributed by atoms with Crippen LogP contribution in [0.1, 0.15) is 43.9 Å². The molecule has 3 rings (SSSR count). The number of thioether (sulfide) groups is 1. The second kappa shape index (κ2) is 9.53. The van der Waals surface area contributed by atoms with Gasteiger partial charge in [-0.25, -0.2) is 0 Å². The Kier molecular flexibility index (Phi) is 7.10. The maximum atomic E-state index is 12.5. The monoisotopic (exact) mass is 421 g/mol. The van der Waals surface area contributed by atoms with Crippen LogP contribution in [0, 0.1) is 11.3 Å². The number of carbonyl (C=O) groups excluding carboxylic acids is 1. The molecule has 1 saturated carbocycles. The van der Waals surface area contributed by atoms with Crippen molar-refractivity contribution in [2.75, 3.05) is 11.9 Å². The molecule has 2 heterocycles. The number of nitrogens with one attached hydrogen (secondary N) is 2. The highest BCUT2D eigenvalue weighted by atomic mass is 32.2. The lowest BCUT2D eigenvalue weighted by atomic mass is 9.83. The van der Waals surface area contributed by atoms with Gasteiger partial charge in [-0.15, -0.1) is 21.5 Å². The van der Waals surface area contributed by atoms with Gasteiger partial charge in [-0.3, -0.25) is 4.79 Å². The molecule has 0 saturated heterocycles. The quantitative estimate of drug-likeness (QED) is 0.624. The Labute approximate surface area is 171 Å². The van der Waals surface area contributed by atoms with Gasteiger partial charge in [0.25, 0.3) is 0 Å². The van der Waals surface area contributed by atoms with Crippen LogP contribution < -0.4 is 10.6 Å². The molecule has 2 aromatic rings. The largest absolute Gasteiger partial charge is 0.360 e. The van der Waals surface area contributed by atoms with Gasteiger partial charge in [0.05, 0.1) is 11.3 Å². The molecule has 6 nitrogen and oxygen atoms in total. The lowest BCUT2D eigenvalue weighted by molar-refractivity contribution is -0.121. The SMILES string of the molecule is CC(Sc1nnc(NCCc2cccs2)s1)C(=O)NC1(C#N)CCCCC1. The van der Waals surface area contributed by atoms with E-state index in [1.165, 1.54) is 28.0 Å². The standard InChI is InChI=1S/C18H23N5OS3/c1-13(15(24)21-18(12-19)8-3-2-4-9-18)26-17-23-22-16(27-17)20-10-7-14-6-5-11-25-14/h5-6,11,13H,2-4,7-10H2,1H3,(H,20,22)(H,21,24). The van der Waals surface area contributed by atoms with E-state index < -0.39 is 5.54 Å². The molecular weight excluding hydrogens is 398 g/mol. The predicted octanol–water partition coefficient (Wildman–Crippen LogP) is 4.08. The second-order valence-corrected chi connectivity index (χ2v) is 10.2. The summed E-state index contributed by atoms with van der Waals surface area (Å²) in [6.07, 6.45) is 5.55. The van der Waals surface area contributed by atoms with E-state index in [4.69, 9.17) is 0 Å². The van der Waals surface area contributed by atoms with Crippen molar-refractivity contribution in [3.05, 3.63) is 22.4 Å². The summed E-state index contributed by atoms with van der Waals surface area (Å²) in [6, 6.07) is 6.50. The first kappa shape index (κ1) is 20.1. The second-order valence-electron chi connectivity index (χ2n) is 6.63. The number of aromatic nitrogens is 2. The van der Waals surface area contributed by atoms with Crippen molar-refractivity contribution in [2.24, 2.45) is 0 Å². The number of nitrogens with zero attached hydrogens (tertiary/aromatic N) is 3. The number of nitriles is 1. The van der Waals surface area contributed by atoms with Crippen LogP contribution in [0.4, 0.5) is 5.13 Å². The van der Waals surface area contributed by atoms with Crippen LogP contribution >= 0.6 is 34.4 Å². The number of anilines is 1. The predicted molar refractivity (Wildman–Crippen MR) is 111 cm³/mol. The third kappa shape index (κ3) is 5.67. The summed E-state index contributed by atoms with van der Waals surface area (Å²) in [4.78, 5) is 13.9. The highest BCUT2D eigenvalue weighted by molar-refractivity contribution is 8.02. The van der Waals surface area contributed by atoms with Crippen molar-refractivity contribution in [3.8, 4) is 6.07 Å². The van der Waals surface area contributed by atoms with Crippen LogP contribution in [0.2, 0.25) is 0 Å². The molecule has 1 atom stereocenters. The number of thiophene rings is 1. The topological polar surface area (TPSA) is 90.7 Å². The summed E-state index contributed by atoms with van der Waals surface area (Å²) in [6.45, 7) is 2.65. The molecule has 27 heavy (non-hydrogen) atoms. The van der Waals surface area contributed by atoms with E-state index in [1.54, 1.807) is 11.3 Å². The zero-order valence-electron chi connectivity index (χ0n) is 15.2. The van der Waals surface area contributed by atoms with E-state index in [9.17, 15) is 10.1 Å². The van der Waals surface area contributed by atoms with E-state index >= 15 is 0 Å². The van der Waals surface area contributed by atoms with Crippen LogP contribution in [0.25, 0.3) is 0 Å². The van der Waals surface area contributed by atoms with Crippen LogP contribution in [0.3, 0.4) is 0 Å². The van der Waals surface area contributed by atoms with Crippen molar-refractivity contribution in [2.45, 2.75) is 60.6 Å². The fourth-order valence-electron chi connectivity index (χ4n) is 3.04. The van der Waals surface area contributed by atoms with E-state index in [-0.39, 0.29) is 11.2 Å². The number of hydrogen-bond donors (Lipinski definition) is 2. The molecule has 1 aliphatic rings. The Hall–Kier alpha value is -1.63. The minimum atomic E-state index is -0.695. The molecule has 0 bridgehead atoms. The van der Waals surface area contributed by atoms with Gasteiger partial charge in [0.15, 0.2) is 4.34 Å². The Balaban J connectivity index is 1.47. The zero-order valence-corrected chi connectivity index (χ0v) is 17.7. The molecule has 1 amide bonds. The van der Waals surface area contributed by atoms with E-state index in [0.29, 0.717) is 0 Å². The number of hydrogen-bond acceptors (Lipinski definition) is 8. The Morgan fingerprint density at radius 2 is 2.22 bits per heavy atom. The molecular formula is C18H23N5OS3. The smallest absolute Gasteiger partial charge is 0.234 e. The Bertz CT molecular complexity index is 777. The summed E-state index contributed by atoms with van der Waals surface area (Å²) in [5.41, 5.74) is -0.695. The van der Waals surface area contributed by atoms with Gasteiger partial charge in [0, 0.05) is 11.4 Å². The number of carbonyl (C=O) groups is 1. The Morgan fingerprint density at radius 1 is 1.41 bits per heavy atom. The maximum absolute atomic E-state index is 12.5. The molecule has 144 valence electrons. The minimum absolute atomic E-state index is 0.106. The summed E-state index contributed by atoms with van der Waals surface area (Å²) in [7, 11) is 0. The summed E-state index contributed by atoms with van der Waals surface area (Å²) < 4.78 is 0.755. The number of amides is 1. The van der Waals surface area contributed by atoms with Crippen molar-refractivity contribution >= 4 is 45.5 Å². The minimum Gasteiger partial charge on any atom is -0.360 e. The first-order valence-corrected chi connectivity index (χ1v) is 11.7. The zero-order chi connectivity index (χ0) is 19.1. The molecule has 0 spiro atoms. The molecule has 1 aliphatic carbocycles.